The molecule has 0 amide bonds. The number of likely N-dealkylation sites (N-methyl/N-ethyl adjacent to an activating group) is 1. The van der Waals surface area contributed by atoms with Gasteiger partial charge in [-0.15, -0.1) is 0 Å². The standard InChI is InChI=1S/C20H31NO2.C14H15F2NO/c1-14(2)23-17(13-22-7)12-21-18-9-8-15(3)10-16(18)11-19(21)20(4,5)6;1-9(18)13(5-6-13)11-4-3-10-8-14(15,16)17(2)12(10)7-11/h8-11,14,17H,12-13H2,1-7H3;3-4,7H,5-6,8H2,1-2H3. The van der Waals surface area contributed by atoms with Crippen LogP contribution in [0, 0.1) is 6.92 Å². The Hall–Kier alpha value is -2.77. The molecular weight excluding hydrogens is 522 g/mol. The zero-order valence-corrected chi connectivity index (χ0v) is 26.1. The van der Waals surface area contributed by atoms with Crippen LogP contribution >= 0.6 is 0 Å². The third-order valence-corrected chi connectivity index (χ3v) is 8.35. The monoisotopic (exact) mass is 568 g/mol. The summed E-state index contributed by atoms with van der Waals surface area (Å²) in [7, 11) is 3.14. The Morgan fingerprint density at radius 2 is 1.76 bits per heavy atom. The van der Waals surface area contributed by atoms with E-state index in [1.807, 2.05) is 6.07 Å². The van der Waals surface area contributed by atoms with E-state index in [0.29, 0.717) is 17.9 Å². The van der Waals surface area contributed by atoms with Gasteiger partial charge in [0.25, 0.3) is 0 Å². The summed E-state index contributed by atoms with van der Waals surface area (Å²) in [5.74, 6) is 0.134. The number of rotatable bonds is 8. The quantitative estimate of drug-likeness (QED) is 0.263. The molecule has 2 aromatic carbocycles. The van der Waals surface area contributed by atoms with Gasteiger partial charge in [0.05, 0.1) is 37.2 Å². The Balaban J connectivity index is 0.000000194. The number of carbonyl (C=O) groups excluding carboxylic acids is 1. The van der Waals surface area contributed by atoms with E-state index in [4.69, 9.17) is 9.47 Å². The van der Waals surface area contributed by atoms with Gasteiger partial charge in [-0.1, -0.05) is 44.5 Å². The Morgan fingerprint density at radius 1 is 1.07 bits per heavy atom. The number of anilines is 1. The fourth-order valence-corrected chi connectivity index (χ4v) is 5.93. The molecule has 3 aromatic rings. The molecule has 7 heteroatoms. The number of methoxy groups -OCH3 is 1. The van der Waals surface area contributed by atoms with Crippen LogP contribution in [-0.2, 0) is 38.1 Å². The maximum atomic E-state index is 13.6. The van der Waals surface area contributed by atoms with Gasteiger partial charge >= 0.3 is 6.05 Å². The highest BCUT2D eigenvalue weighted by Gasteiger charge is 2.50. The van der Waals surface area contributed by atoms with Crippen LogP contribution in [0.25, 0.3) is 10.9 Å². The predicted octanol–water partition coefficient (Wildman–Crippen LogP) is 7.58. The van der Waals surface area contributed by atoms with Crippen LogP contribution in [0.1, 0.15) is 76.8 Å². The first-order chi connectivity index (χ1) is 19.1. The molecule has 1 aliphatic heterocycles. The van der Waals surface area contributed by atoms with Crippen LogP contribution in [0.15, 0.2) is 42.5 Å². The first-order valence-corrected chi connectivity index (χ1v) is 14.6. The molecule has 1 saturated carbocycles. The Kier molecular flexibility index (Phi) is 8.73. The lowest BCUT2D eigenvalue weighted by Gasteiger charge is -2.26. The third kappa shape index (κ3) is 6.51. The van der Waals surface area contributed by atoms with Crippen molar-refractivity contribution in [2.75, 3.05) is 25.7 Å². The Bertz CT molecular complexity index is 1400. The molecule has 0 bridgehead atoms. The highest BCUT2D eigenvalue weighted by molar-refractivity contribution is 5.91. The maximum Gasteiger partial charge on any atom is 0.329 e. The van der Waals surface area contributed by atoms with Crippen LogP contribution in [0.4, 0.5) is 14.5 Å². The lowest BCUT2D eigenvalue weighted by atomic mass is 9.91. The van der Waals surface area contributed by atoms with Crippen LogP contribution in [0.2, 0.25) is 0 Å². The molecule has 2 aliphatic rings. The zero-order chi connectivity index (χ0) is 30.3. The molecular formula is C34H46F2N2O3. The van der Waals surface area contributed by atoms with Crippen LogP contribution in [0.5, 0.6) is 0 Å². The summed E-state index contributed by atoms with van der Waals surface area (Å²) in [6, 6.07) is 11.5. The molecule has 224 valence electrons. The van der Waals surface area contributed by atoms with Crippen molar-refractivity contribution in [1.82, 2.24) is 4.57 Å². The first-order valence-electron chi connectivity index (χ1n) is 14.6. The van der Waals surface area contributed by atoms with Gasteiger partial charge < -0.3 is 18.9 Å². The highest BCUT2D eigenvalue weighted by Crippen LogP contribution is 2.51. The summed E-state index contributed by atoms with van der Waals surface area (Å²) in [6.45, 7) is 16.1. The molecule has 0 saturated heterocycles. The number of hydrogen-bond acceptors (Lipinski definition) is 4. The maximum absolute atomic E-state index is 13.6. The summed E-state index contributed by atoms with van der Waals surface area (Å²) in [5, 5.41) is 1.30. The number of aromatic nitrogens is 1. The van der Waals surface area contributed by atoms with Crippen LogP contribution < -0.4 is 4.90 Å². The largest absolute Gasteiger partial charge is 0.382 e. The molecule has 1 unspecified atom stereocenters. The predicted molar refractivity (Wildman–Crippen MR) is 162 cm³/mol. The van der Waals surface area contributed by atoms with Crippen molar-refractivity contribution < 1.29 is 23.0 Å². The van der Waals surface area contributed by atoms with Crippen molar-refractivity contribution in [1.29, 1.82) is 0 Å². The number of ether oxygens (including phenoxy) is 2. The molecule has 5 nitrogen and oxygen atoms in total. The van der Waals surface area contributed by atoms with Crippen LogP contribution in [-0.4, -0.2) is 49.4 Å². The number of aryl methyl sites for hydroxylation is 1. The van der Waals surface area contributed by atoms with E-state index in [2.05, 4.69) is 70.4 Å². The molecule has 0 radical (unpaired) electrons. The van der Waals surface area contributed by atoms with Gasteiger partial charge in [-0.3, -0.25) is 4.79 Å². The summed E-state index contributed by atoms with van der Waals surface area (Å²) < 4.78 is 41.0. The molecule has 5 rings (SSSR count). The number of Topliss-reactive ketones (excluding diaryl/α,β-unsaturated/α-hetero) is 1. The molecule has 1 fully saturated rings. The average Bonchev–Trinajstić information content (AvgIpc) is 3.55. The van der Waals surface area contributed by atoms with E-state index < -0.39 is 11.5 Å². The number of hydrogen-bond donors (Lipinski definition) is 0. The van der Waals surface area contributed by atoms with Crippen molar-refractivity contribution in [2.24, 2.45) is 0 Å². The first kappa shape index (κ1) is 31.2. The number of halogens is 2. The summed E-state index contributed by atoms with van der Waals surface area (Å²) in [4.78, 5) is 12.7. The fraction of sp³-hybridized carbons (Fsp3) is 0.559. The van der Waals surface area contributed by atoms with E-state index in [1.54, 1.807) is 26.2 Å². The fourth-order valence-electron chi connectivity index (χ4n) is 5.93. The van der Waals surface area contributed by atoms with Crippen molar-refractivity contribution in [2.45, 2.75) is 103 Å². The topological polar surface area (TPSA) is 43.7 Å². The average molecular weight is 569 g/mol. The lowest BCUT2D eigenvalue weighted by molar-refractivity contribution is -0.119. The van der Waals surface area contributed by atoms with E-state index in [0.717, 1.165) is 29.8 Å². The molecule has 0 N–H and O–H groups in total. The normalized spacial score (nSPS) is 17.8. The number of alkyl halides is 2. The molecule has 41 heavy (non-hydrogen) atoms. The van der Waals surface area contributed by atoms with Gasteiger partial charge in [0, 0.05) is 41.9 Å². The van der Waals surface area contributed by atoms with Gasteiger partial charge in [-0.2, -0.15) is 8.78 Å². The van der Waals surface area contributed by atoms with E-state index in [9.17, 15) is 13.6 Å². The van der Waals surface area contributed by atoms with Gasteiger partial charge in [0.2, 0.25) is 0 Å². The second-order valence-corrected chi connectivity index (χ2v) is 13.1. The summed E-state index contributed by atoms with van der Waals surface area (Å²) >= 11 is 0. The number of benzene rings is 2. The van der Waals surface area contributed by atoms with Gasteiger partial charge in [-0.25, -0.2) is 0 Å². The minimum atomic E-state index is -2.81. The van der Waals surface area contributed by atoms with Crippen molar-refractivity contribution in [3.05, 3.63) is 64.8 Å². The highest BCUT2D eigenvalue weighted by atomic mass is 19.3. The SMILES string of the molecule is CC(=O)C1(c2ccc3c(c2)N(C)C(F)(F)C3)CC1.COCC(Cn1c(C(C)(C)C)cc2cc(C)ccc21)OC(C)C. The van der Waals surface area contributed by atoms with E-state index >= 15 is 0 Å². The number of fused-ring (bicyclic) bond motifs is 2. The van der Waals surface area contributed by atoms with Gasteiger partial charge in [0.15, 0.2) is 0 Å². The number of ketones is 1. The molecule has 1 aliphatic carbocycles. The van der Waals surface area contributed by atoms with Crippen LogP contribution in [0.3, 0.4) is 0 Å². The molecule has 0 spiro atoms. The van der Waals surface area contributed by atoms with Crippen molar-refractivity contribution in [3.8, 4) is 0 Å². The van der Waals surface area contributed by atoms with E-state index in [1.165, 1.54) is 29.2 Å². The lowest BCUT2D eigenvalue weighted by Crippen LogP contribution is -2.34. The minimum absolute atomic E-state index is 0.0537. The smallest absolute Gasteiger partial charge is 0.329 e. The van der Waals surface area contributed by atoms with Gasteiger partial charge in [-0.05, 0) is 75.9 Å². The zero-order valence-electron chi connectivity index (χ0n) is 26.1. The summed E-state index contributed by atoms with van der Waals surface area (Å²) in [5.41, 5.74) is 5.70. The third-order valence-electron chi connectivity index (χ3n) is 8.35. The molecule has 1 atom stereocenters. The Labute approximate surface area is 243 Å². The van der Waals surface area contributed by atoms with Crippen molar-refractivity contribution >= 4 is 22.4 Å². The Morgan fingerprint density at radius 3 is 2.32 bits per heavy atom. The number of carbonyl (C=O) groups is 1. The molecule has 1 aromatic heterocycles. The molecule has 2 heterocycles. The summed E-state index contributed by atoms with van der Waals surface area (Å²) in [6.07, 6.45) is 1.67. The van der Waals surface area contributed by atoms with E-state index in [-0.39, 0.29) is 29.8 Å². The second-order valence-electron chi connectivity index (χ2n) is 13.1. The second kappa shape index (κ2) is 11.5. The van der Waals surface area contributed by atoms with Crippen molar-refractivity contribution in [3.63, 3.8) is 0 Å². The van der Waals surface area contributed by atoms with Gasteiger partial charge in [0.1, 0.15) is 5.78 Å². The number of nitrogens with zero attached hydrogens (tertiary/aromatic N) is 2. The minimum Gasteiger partial charge on any atom is -0.382 e.